The van der Waals surface area contributed by atoms with Gasteiger partial charge in [-0.15, -0.1) is 0 Å². The van der Waals surface area contributed by atoms with Gasteiger partial charge in [-0.1, -0.05) is 37.3 Å². The topological polar surface area (TPSA) is 52.9 Å². The van der Waals surface area contributed by atoms with Crippen LogP contribution in [0.2, 0.25) is 0 Å². The highest BCUT2D eigenvalue weighted by Crippen LogP contribution is 2.59. The van der Waals surface area contributed by atoms with Crippen LogP contribution in [0.15, 0.2) is 30.3 Å². The summed E-state index contributed by atoms with van der Waals surface area (Å²) < 4.78 is 55.2. The summed E-state index contributed by atoms with van der Waals surface area (Å²) in [6, 6.07) is 10.1. The van der Waals surface area contributed by atoms with Crippen LogP contribution in [0, 0.1) is 40.0 Å². The number of anilines is 1. The van der Waals surface area contributed by atoms with Crippen molar-refractivity contribution in [3.05, 3.63) is 64.7 Å². The van der Waals surface area contributed by atoms with Gasteiger partial charge in [-0.05, 0) is 17.9 Å². The number of hydrogen-bond donors (Lipinski definition) is 1. The van der Waals surface area contributed by atoms with Gasteiger partial charge in [0.25, 0.3) is 0 Å². The quantitative estimate of drug-likeness (QED) is 0.666. The Morgan fingerprint density at radius 3 is 2.20 bits per heavy atom. The lowest BCUT2D eigenvalue weighted by Gasteiger charge is -2.14. The average Bonchev–Trinajstić information content (AvgIpc) is 3.31. The van der Waals surface area contributed by atoms with Crippen LogP contribution in [0.25, 0.3) is 0 Å². The Hall–Kier alpha value is -2.88. The Bertz CT molecular complexity index is 879. The van der Waals surface area contributed by atoms with E-state index in [2.05, 4.69) is 0 Å². The van der Waals surface area contributed by atoms with Crippen molar-refractivity contribution in [2.45, 2.75) is 19.3 Å². The van der Waals surface area contributed by atoms with Crippen LogP contribution >= 0.6 is 0 Å². The molecule has 0 bridgehead atoms. The smallest absolute Gasteiger partial charge is 0.231 e. The predicted octanol–water partition coefficient (Wildman–Crippen LogP) is 4.25. The fourth-order valence-corrected chi connectivity index (χ4v) is 2.88. The predicted molar refractivity (Wildman–Crippen MR) is 81.5 cm³/mol. The SMILES string of the molecule is C[C@]1(C(=O)Nc2c(F)c(F)c(C#N)c(F)c2F)C[C@H]1c1ccccc1. The molecule has 1 N–H and O–H groups in total. The van der Waals surface area contributed by atoms with Crippen molar-refractivity contribution >= 4 is 11.6 Å². The molecule has 3 rings (SSSR count). The van der Waals surface area contributed by atoms with Gasteiger partial charge in [-0.25, -0.2) is 17.6 Å². The monoisotopic (exact) mass is 348 g/mol. The molecule has 0 spiro atoms. The Balaban J connectivity index is 1.89. The molecule has 1 amide bonds. The number of carbonyl (C=O) groups excluding carboxylic acids is 1. The van der Waals surface area contributed by atoms with E-state index >= 15 is 0 Å². The molecule has 1 aliphatic rings. The zero-order chi connectivity index (χ0) is 18.4. The van der Waals surface area contributed by atoms with E-state index in [4.69, 9.17) is 5.26 Å². The molecule has 7 heteroatoms. The normalized spacial score (nSPS) is 21.5. The molecule has 2 atom stereocenters. The summed E-state index contributed by atoms with van der Waals surface area (Å²) in [4.78, 5) is 12.4. The van der Waals surface area contributed by atoms with E-state index in [0.29, 0.717) is 6.42 Å². The molecule has 1 saturated carbocycles. The minimum absolute atomic E-state index is 0.159. The fraction of sp³-hybridized carbons (Fsp3) is 0.222. The molecule has 3 nitrogen and oxygen atoms in total. The standard InChI is InChI=1S/C18H12F4N2O/c1-18(7-11(18)9-5-3-2-4-6-9)17(25)24-16-14(21)12(19)10(8-23)13(20)15(16)22/h2-6,11H,7H2,1H3,(H,24,25)/t11-,18-/m0/s1. The number of benzene rings is 2. The van der Waals surface area contributed by atoms with Gasteiger partial charge < -0.3 is 5.32 Å². The molecule has 25 heavy (non-hydrogen) atoms. The molecule has 0 radical (unpaired) electrons. The maximum atomic E-state index is 13.9. The van der Waals surface area contributed by atoms with Gasteiger partial charge in [0.1, 0.15) is 17.3 Å². The molecule has 1 aliphatic carbocycles. The summed E-state index contributed by atoms with van der Waals surface area (Å²) in [5.74, 6) is -8.18. The van der Waals surface area contributed by atoms with E-state index in [-0.39, 0.29) is 5.92 Å². The molecule has 128 valence electrons. The highest BCUT2D eigenvalue weighted by Gasteiger charge is 2.56. The first-order valence-electron chi connectivity index (χ1n) is 7.43. The van der Waals surface area contributed by atoms with Crippen molar-refractivity contribution in [2.24, 2.45) is 5.41 Å². The summed E-state index contributed by atoms with van der Waals surface area (Å²) >= 11 is 0. The first-order chi connectivity index (χ1) is 11.8. The van der Waals surface area contributed by atoms with Crippen molar-refractivity contribution < 1.29 is 22.4 Å². The van der Waals surface area contributed by atoms with E-state index in [1.807, 2.05) is 23.5 Å². The molecule has 1 fully saturated rings. The Morgan fingerprint density at radius 1 is 1.12 bits per heavy atom. The van der Waals surface area contributed by atoms with E-state index in [1.165, 1.54) is 0 Å². The van der Waals surface area contributed by atoms with Crippen molar-refractivity contribution in [3.63, 3.8) is 0 Å². The van der Waals surface area contributed by atoms with Crippen LogP contribution in [-0.2, 0) is 4.79 Å². The van der Waals surface area contributed by atoms with Crippen LogP contribution in [0.5, 0.6) is 0 Å². The largest absolute Gasteiger partial charge is 0.321 e. The number of carbonyl (C=O) groups is 1. The number of nitriles is 1. The van der Waals surface area contributed by atoms with Crippen LogP contribution in [0.3, 0.4) is 0 Å². The van der Waals surface area contributed by atoms with Gasteiger partial charge in [-0.2, -0.15) is 5.26 Å². The van der Waals surface area contributed by atoms with Gasteiger partial charge in [-0.3, -0.25) is 4.79 Å². The summed E-state index contributed by atoms with van der Waals surface area (Å²) in [7, 11) is 0. The van der Waals surface area contributed by atoms with Gasteiger partial charge in [0.2, 0.25) is 5.91 Å². The number of nitrogens with zero attached hydrogens (tertiary/aromatic N) is 1. The molecule has 0 heterocycles. The summed E-state index contributed by atoms with van der Waals surface area (Å²) in [6.45, 7) is 1.60. The molecule has 0 saturated heterocycles. The van der Waals surface area contributed by atoms with Gasteiger partial charge in [0, 0.05) is 0 Å². The van der Waals surface area contributed by atoms with Crippen molar-refractivity contribution in [1.29, 1.82) is 5.26 Å². The van der Waals surface area contributed by atoms with Crippen molar-refractivity contribution in [1.82, 2.24) is 0 Å². The number of amides is 1. The number of halogens is 4. The molecule has 0 aromatic heterocycles. The van der Waals surface area contributed by atoms with E-state index in [9.17, 15) is 22.4 Å². The number of nitrogens with one attached hydrogen (secondary N) is 1. The number of hydrogen-bond acceptors (Lipinski definition) is 2. The zero-order valence-corrected chi connectivity index (χ0v) is 13.0. The molecule has 0 unspecified atom stereocenters. The lowest BCUT2D eigenvalue weighted by molar-refractivity contribution is -0.120. The van der Waals surface area contributed by atoms with Crippen LogP contribution in [-0.4, -0.2) is 5.91 Å². The minimum Gasteiger partial charge on any atom is -0.321 e. The second-order valence-corrected chi connectivity index (χ2v) is 6.16. The van der Waals surface area contributed by atoms with Gasteiger partial charge in [0.15, 0.2) is 23.3 Å². The van der Waals surface area contributed by atoms with E-state index in [0.717, 1.165) is 11.6 Å². The molecule has 2 aromatic rings. The van der Waals surface area contributed by atoms with Gasteiger partial charge in [0.05, 0.1) is 5.41 Å². The lowest BCUT2D eigenvalue weighted by atomic mass is 10.00. The highest BCUT2D eigenvalue weighted by molar-refractivity contribution is 5.98. The summed E-state index contributed by atoms with van der Waals surface area (Å²) in [5.41, 5.74) is -2.65. The minimum atomic E-state index is -1.84. The van der Waals surface area contributed by atoms with Gasteiger partial charge >= 0.3 is 0 Å². The fourth-order valence-electron chi connectivity index (χ4n) is 2.88. The molecule has 0 aliphatic heterocycles. The van der Waals surface area contributed by atoms with E-state index in [1.54, 1.807) is 19.1 Å². The first kappa shape index (κ1) is 17.0. The maximum absolute atomic E-state index is 13.9. The Morgan fingerprint density at radius 2 is 1.68 bits per heavy atom. The Labute approximate surface area is 140 Å². The summed E-state index contributed by atoms with van der Waals surface area (Å²) in [6.07, 6.45) is 0.438. The zero-order valence-electron chi connectivity index (χ0n) is 13.0. The second kappa shape index (κ2) is 5.88. The highest BCUT2D eigenvalue weighted by atomic mass is 19.2. The Kier molecular flexibility index (Phi) is 3.99. The molecular weight excluding hydrogens is 336 g/mol. The molecule has 2 aromatic carbocycles. The first-order valence-corrected chi connectivity index (χ1v) is 7.43. The van der Waals surface area contributed by atoms with Crippen molar-refractivity contribution in [3.8, 4) is 6.07 Å². The van der Waals surface area contributed by atoms with Crippen LogP contribution < -0.4 is 5.32 Å². The van der Waals surface area contributed by atoms with Crippen LogP contribution in [0.1, 0.15) is 30.4 Å². The van der Waals surface area contributed by atoms with E-state index < -0.39 is 45.8 Å². The maximum Gasteiger partial charge on any atom is 0.231 e. The third-order valence-electron chi connectivity index (χ3n) is 4.57. The third-order valence-corrected chi connectivity index (χ3v) is 4.57. The second-order valence-electron chi connectivity index (χ2n) is 6.16. The lowest BCUT2D eigenvalue weighted by Crippen LogP contribution is -2.25. The van der Waals surface area contributed by atoms with Crippen molar-refractivity contribution in [2.75, 3.05) is 5.32 Å². The van der Waals surface area contributed by atoms with Crippen LogP contribution in [0.4, 0.5) is 23.2 Å². The average molecular weight is 348 g/mol. The molecular formula is C18H12F4N2O. The number of rotatable bonds is 3. The summed E-state index contributed by atoms with van der Waals surface area (Å²) in [5, 5.41) is 10.5. The third kappa shape index (κ3) is 2.64.